The van der Waals surface area contributed by atoms with Crippen LogP contribution in [0, 0.1) is 6.92 Å². The SMILES string of the molecule is Cc1ccccc1N(CC(=O)N(Cc1ccc(Cl)cc1Cl)C(Cc1ccccc1)C(=O)NC(C)(C)C)S(=O)(=O)c1ccccc1. The van der Waals surface area contributed by atoms with Crippen molar-refractivity contribution < 1.29 is 18.0 Å². The number of para-hydroxylation sites is 1. The zero-order valence-electron chi connectivity index (χ0n) is 25.7. The fourth-order valence-electron chi connectivity index (χ4n) is 4.92. The Morgan fingerprint density at radius 2 is 1.44 bits per heavy atom. The number of hydrogen-bond donors (Lipinski definition) is 1. The minimum Gasteiger partial charge on any atom is -0.350 e. The Kier molecular flexibility index (Phi) is 11.0. The van der Waals surface area contributed by atoms with Crippen LogP contribution in [0.25, 0.3) is 0 Å². The van der Waals surface area contributed by atoms with Crippen LogP contribution < -0.4 is 9.62 Å². The molecule has 45 heavy (non-hydrogen) atoms. The number of benzene rings is 4. The molecular weight excluding hydrogens is 629 g/mol. The second-order valence-corrected chi connectivity index (χ2v) is 14.5. The Morgan fingerprint density at radius 3 is 2.04 bits per heavy atom. The van der Waals surface area contributed by atoms with Crippen LogP contribution in [0.4, 0.5) is 5.69 Å². The lowest BCUT2D eigenvalue weighted by molar-refractivity contribution is -0.140. The third-order valence-corrected chi connectivity index (χ3v) is 9.48. The van der Waals surface area contributed by atoms with Crippen molar-refractivity contribution in [3.8, 4) is 0 Å². The molecule has 1 atom stereocenters. The van der Waals surface area contributed by atoms with Crippen molar-refractivity contribution in [3.63, 3.8) is 0 Å². The predicted octanol–water partition coefficient (Wildman–Crippen LogP) is 7.05. The van der Waals surface area contributed by atoms with Gasteiger partial charge in [-0.1, -0.05) is 96.0 Å². The number of nitrogens with one attached hydrogen (secondary N) is 1. The number of carbonyl (C=O) groups excluding carboxylic acids is 2. The van der Waals surface area contributed by atoms with Crippen LogP contribution in [0.5, 0.6) is 0 Å². The molecule has 4 rings (SSSR count). The van der Waals surface area contributed by atoms with E-state index < -0.39 is 34.1 Å². The Bertz CT molecular complexity index is 1740. The lowest BCUT2D eigenvalue weighted by Gasteiger charge is -2.35. The highest BCUT2D eigenvalue weighted by Crippen LogP contribution is 2.29. The molecule has 0 fully saturated rings. The molecule has 0 aliphatic rings. The smallest absolute Gasteiger partial charge is 0.264 e. The molecule has 0 aliphatic heterocycles. The van der Waals surface area contributed by atoms with Gasteiger partial charge in [-0.05, 0) is 74.7 Å². The second-order valence-electron chi connectivity index (χ2n) is 11.8. The maximum Gasteiger partial charge on any atom is 0.264 e. The number of amides is 2. The lowest BCUT2D eigenvalue weighted by atomic mass is 10.0. The molecule has 236 valence electrons. The monoisotopic (exact) mass is 665 g/mol. The Hall–Kier alpha value is -3.85. The summed E-state index contributed by atoms with van der Waals surface area (Å²) in [4.78, 5) is 30.0. The summed E-state index contributed by atoms with van der Waals surface area (Å²) < 4.78 is 29.3. The Morgan fingerprint density at radius 1 is 0.844 bits per heavy atom. The number of carbonyl (C=O) groups is 2. The van der Waals surface area contributed by atoms with E-state index in [2.05, 4.69) is 5.32 Å². The Labute approximate surface area is 275 Å². The Balaban J connectivity index is 1.84. The number of aryl methyl sites for hydroxylation is 1. The average Bonchev–Trinajstić information content (AvgIpc) is 2.99. The molecule has 1 N–H and O–H groups in total. The lowest BCUT2D eigenvalue weighted by Crippen LogP contribution is -2.56. The van der Waals surface area contributed by atoms with Crippen molar-refractivity contribution in [2.24, 2.45) is 0 Å². The summed E-state index contributed by atoms with van der Waals surface area (Å²) in [7, 11) is -4.18. The predicted molar refractivity (Wildman–Crippen MR) is 181 cm³/mol. The van der Waals surface area contributed by atoms with E-state index in [9.17, 15) is 18.0 Å². The molecule has 0 heterocycles. The normalized spacial score (nSPS) is 12.3. The molecular formula is C35H37Cl2N3O4S. The molecule has 4 aromatic carbocycles. The number of nitrogens with zero attached hydrogens (tertiary/aromatic N) is 2. The van der Waals surface area contributed by atoms with E-state index >= 15 is 0 Å². The van der Waals surface area contributed by atoms with Gasteiger partial charge in [-0.3, -0.25) is 13.9 Å². The van der Waals surface area contributed by atoms with Gasteiger partial charge in [0, 0.05) is 28.5 Å². The number of rotatable bonds is 11. The number of anilines is 1. The molecule has 1 unspecified atom stereocenters. The first-order valence-electron chi connectivity index (χ1n) is 14.5. The summed E-state index contributed by atoms with van der Waals surface area (Å²) in [6.45, 7) is 6.75. The third kappa shape index (κ3) is 8.87. The summed E-state index contributed by atoms with van der Waals surface area (Å²) in [6, 6.07) is 28.2. The van der Waals surface area contributed by atoms with E-state index in [0.717, 1.165) is 9.87 Å². The van der Waals surface area contributed by atoms with Gasteiger partial charge in [0.05, 0.1) is 10.6 Å². The first-order chi connectivity index (χ1) is 21.3. The van der Waals surface area contributed by atoms with Crippen molar-refractivity contribution in [3.05, 3.63) is 130 Å². The molecule has 0 aromatic heterocycles. The minimum atomic E-state index is -4.18. The quantitative estimate of drug-likeness (QED) is 0.186. The van der Waals surface area contributed by atoms with Gasteiger partial charge >= 0.3 is 0 Å². The van der Waals surface area contributed by atoms with Gasteiger partial charge < -0.3 is 10.2 Å². The third-order valence-electron chi connectivity index (χ3n) is 7.12. The number of halogens is 2. The molecule has 0 spiro atoms. The van der Waals surface area contributed by atoms with E-state index in [-0.39, 0.29) is 23.8 Å². The maximum atomic E-state index is 14.6. The van der Waals surface area contributed by atoms with Gasteiger partial charge in [0.2, 0.25) is 11.8 Å². The summed E-state index contributed by atoms with van der Waals surface area (Å²) in [5.74, 6) is -0.952. The van der Waals surface area contributed by atoms with Gasteiger partial charge in [0.1, 0.15) is 12.6 Å². The van der Waals surface area contributed by atoms with Gasteiger partial charge in [0.25, 0.3) is 10.0 Å². The minimum absolute atomic E-state index is 0.0414. The fraction of sp³-hybridized carbons (Fsp3) is 0.257. The summed E-state index contributed by atoms with van der Waals surface area (Å²) in [5, 5.41) is 3.76. The van der Waals surface area contributed by atoms with Crippen molar-refractivity contribution >= 4 is 50.7 Å². The highest BCUT2D eigenvalue weighted by Gasteiger charge is 2.36. The number of hydrogen-bond acceptors (Lipinski definition) is 4. The molecule has 4 aromatic rings. The van der Waals surface area contributed by atoms with Gasteiger partial charge in [0.15, 0.2) is 0 Å². The van der Waals surface area contributed by atoms with Crippen LogP contribution >= 0.6 is 23.2 Å². The molecule has 2 amide bonds. The maximum absolute atomic E-state index is 14.6. The molecule has 0 radical (unpaired) electrons. The topological polar surface area (TPSA) is 86.8 Å². The highest BCUT2D eigenvalue weighted by atomic mass is 35.5. The van der Waals surface area contributed by atoms with Crippen molar-refractivity contribution in [2.75, 3.05) is 10.8 Å². The van der Waals surface area contributed by atoms with E-state index in [0.29, 0.717) is 26.9 Å². The van der Waals surface area contributed by atoms with E-state index in [4.69, 9.17) is 23.2 Å². The van der Waals surface area contributed by atoms with Crippen LogP contribution in [-0.4, -0.2) is 43.3 Å². The van der Waals surface area contributed by atoms with Crippen molar-refractivity contribution in [2.45, 2.75) is 57.1 Å². The highest BCUT2D eigenvalue weighted by molar-refractivity contribution is 7.92. The van der Waals surface area contributed by atoms with Crippen molar-refractivity contribution in [1.29, 1.82) is 0 Å². The van der Waals surface area contributed by atoms with E-state index in [1.165, 1.54) is 17.0 Å². The molecule has 0 saturated heterocycles. The average molecular weight is 667 g/mol. The molecule has 0 bridgehead atoms. The van der Waals surface area contributed by atoms with Gasteiger partial charge in [-0.25, -0.2) is 8.42 Å². The van der Waals surface area contributed by atoms with E-state index in [1.54, 1.807) is 67.6 Å². The van der Waals surface area contributed by atoms with Crippen LogP contribution in [-0.2, 0) is 32.6 Å². The number of sulfonamides is 1. The molecule has 0 saturated carbocycles. The summed E-state index contributed by atoms with van der Waals surface area (Å²) in [6.07, 6.45) is 0.190. The molecule has 10 heteroatoms. The van der Waals surface area contributed by atoms with E-state index in [1.807, 2.05) is 51.1 Å². The van der Waals surface area contributed by atoms with Gasteiger partial charge in [-0.15, -0.1) is 0 Å². The standard InChI is InChI=1S/C35H37Cl2N3O4S/c1-25-13-11-12-18-31(25)40(45(43,44)29-16-9-6-10-17-29)24-33(41)39(23-27-19-20-28(36)22-30(27)37)32(34(42)38-35(2,3)4)21-26-14-7-5-8-15-26/h5-20,22,32H,21,23-24H2,1-4H3,(H,38,42). The largest absolute Gasteiger partial charge is 0.350 e. The molecule has 0 aliphatic carbocycles. The van der Waals surface area contributed by atoms with Gasteiger partial charge in [-0.2, -0.15) is 0 Å². The summed E-state index contributed by atoms with van der Waals surface area (Å²) in [5.41, 5.74) is 1.83. The van der Waals surface area contributed by atoms with Crippen molar-refractivity contribution in [1.82, 2.24) is 10.2 Å². The zero-order valence-corrected chi connectivity index (χ0v) is 28.0. The first-order valence-corrected chi connectivity index (χ1v) is 16.7. The van der Waals surface area contributed by atoms with Crippen LogP contribution in [0.2, 0.25) is 10.0 Å². The molecule has 7 nitrogen and oxygen atoms in total. The second kappa shape index (κ2) is 14.5. The van der Waals surface area contributed by atoms with Crippen LogP contribution in [0.15, 0.2) is 108 Å². The zero-order chi connectivity index (χ0) is 32.8. The summed E-state index contributed by atoms with van der Waals surface area (Å²) >= 11 is 12.7. The van der Waals surface area contributed by atoms with Crippen LogP contribution in [0.3, 0.4) is 0 Å². The first kappa shape index (κ1) is 34.0. The van der Waals surface area contributed by atoms with Crippen LogP contribution in [0.1, 0.15) is 37.5 Å². The fourth-order valence-corrected chi connectivity index (χ4v) is 6.88.